The SMILES string of the molecule is Nc1cc(C(=O)[O-])cc(C2=C(c3cc(C(F)(F)F)cnc3OCc3c(F)ccc(F)c3F)CCC2)c1. The second-order valence-corrected chi connectivity index (χ2v) is 8.13. The summed E-state index contributed by atoms with van der Waals surface area (Å²) in [5, 5.41) is 11.4. The predicted octanol–water partition coefficient (Wildman–Crippen LogP) is 5.14. The van der Waals surface area contributed by atoms with Crippen molar-refractivity contribution in [2.45, 2.75) is 32.0 Å². The van der Waals surface area contributed by atoms with Gasteiger partial charge in [-0.3, -0.25) is 0 Å². The van der Waals surface area contributed by atoms with Gasteiger partial charge < -0.3 is 20.4 Å². The van der Waals surface area contributed by atoms with Crippen LogP contribution in [0, 0.1) is 17.5 Å². The molecule has 1 aliphatic carbocycles. The molecule has 2 aromatic carbocycles. The van der Waals surface area contributed by atoms with Crippen molar-refractivity contribution in [3.8, 4) is 5.88 Å². The third kappa shape index (κ3) is 5.00. The molecule has 1 aromatic heterocycles. The van der Waals surface area contributed by atoms with Gasteiger partial charge in [-0.2, -0.15) is 13.2 Å². The number of nitrogens with zero attached hydrogens (tertiary/aromatic N) is 1. The largest absolute Gasteiger partial charge is 0.545 e. The van der Waals surface area contributed by atoms with Crippen LogP contribution in [0.5, 0.6) is 5.88 Å². The molecule has 188 valence electrons. The van der Waals surface area contributed by atoms with Gasteiger partial charge in [-0.1, -0.05) is 0 Å². The third-order valence-corrected chi connectivity index (χ3v) is 5.75. The van der Waals surface area contributed by atoms with E-state index in [9.17, 15) is 36.2 Å². The van der Waals surface area contributed by atoms with E-state index in [2.05, 4.69) is 4.98 Å². The molecule has 5 nitrogen and oxygen atoms in total. The van der Waals surface area contributed by atoms with Crippen LogP contribution in [0.4, 0.5) is 32.0 Å². The number of alkyl halides is 3. The van der Waals surface area contributed by atoms with Gasteiger partial charge in [0, 0.05) is 17.4 Å². The van der Waals surface area contributed by atoms with E-state index in [1.807, 2.05) is 0 Å². The summed E-state index contributed by atoms with van der Waals surface area (Å²) in [5.41, 5.74) is 5.04. The Kier molecular flexibility index (Phi) is 6.66. The van der Waals surface area contributed by atoms with Crippen LogP contribution >= 0.6 is 0 Å². The van der Waals surface area contributed by atoms with Crippen LogP contribution in [0.3, 0.4) is 0 Å². The van der Waals surface area contributed by atoms with E-state index < -0.39 is 47.3 Å². The number of anilines is 1. The minimum absolute atomic E-state index is 0.0908. The summed E-state index contributed by atoms with van der Waals surface area (Å²) < 4.78 is 87.5. The number of benzene rings is 2. The standard InChI is InChI=1S/C25H18F6N2O3/c26-20-4-5-21(27)22(28)19(20)11-36-23-18(9-14(10-33-23)25(29,30)31)17-3-1-2-16(17)12-6-13(24(34)35)8-15(32)7-12/h4-10H,1-3,11,32H2,(H,34,35)/p-1. The number of ether oxygens (including phenoxy) is 1. The molecule has 1 heterocycles. The fourth-order valence-corrected chi connectivity index (χ4v) is 4.08. The van der Waals surface area contributed by atoms with Crippen LogP contribution in [0.2, 0.25) is 0 Å². The third-order valence-electron chi connectivity index (χ3n) is 5.75. The van der Waals surface area contributed by atoms with Gasteiger partial charge in [-0.15, -0.1) is 0 Å². The van der Waals surface area contributed by atoms with Crippen molar-refractivity contribution in [3.63, 3.8) is 0 Å². The molecule has 0 saturated carbocycles. The number of pyridine rings is 1. The number of aromatic carboxylic acids is 1. The topological polar surface area (TPSA) is 88.3 Å². The molecule has 0 amide bonds. The Balaban J connectivity index is 1.83. The maximum absolute atomic E-state index is 14.1. The summed E-state index contributed by atoms with van der Waals surface area (Å²) in [6, 6.07) is 6.06. The van der Waals surface area contributed by atoms with E-state index in [0.717, 1.165) is 6.07 Å². The summed E-state index contributed by atoms with van der Waals surface area (Å²) in [7, 11) is 0. The maximum atomic E-state index is 14.1. The molecule has 0 radical (unpaired) electrons. The number of aromatic nitrogens is 1. The van der Waals surface area contributed by atoms with Gasteiger partial charge >= 0.3 is 6.18 Å². The minimum Gasteiger partial charge on any atom is -0.545 e. The number of nitrogen functional groups attached to an aromatic ring is 1. The number of carboxylic acid groups (broad SMARTS) is 1. The Morgan fingerprint density at radius 2 is 1.72 bits per heavy atom. The average molecular weight is 507 g/mol. The highest BCUT2D eigenvalue weighted by molar-refractivity contribution is 5.96. The summed E-state index contributed by atoms with van der Waals surface area (Å²) in [4.78, 5) is 15.1. The summed E-state index contributed by atoms with van der Waals surface area (Å²) in [6.07, 6.45) is -3.05. The highest BCUT2D eigenvalue weighted by atomic mass is 19.4. The van der Waals surface area contributed by atoms with E-state index in [1.165, 1.54) is 18.2 Å². The lowest BCUT2D eigenvalue weighted by Gasteiger charge is -2.17. The van der Waals surface area contributed by atoms with Crippen LogP contribution in [0.25, 0.3) is 11.1 Å². The first-order chi connectivity index (χ1) is 17.0. The van der Waals surface area contributed by atoms with E-state index in [-0.39, 0.29) is 29.1 Å². The first-order valence-corrected chi connectivity index (χ1v) is 10.6. The number of hydrogen-bond donors (Lipinski definition) is 1. The molecule has 1 aliphatic rings. The smallest absolute Gasteiger partial charge is 0.417 e. The quantitative estimate of drug-likeness (QED) is 0.284. The molecule has 0 atom stereocenters. The highest BCUT2D eigenvalue weighted by Gasteiger charge is 2.33. The molecule has 0 spiro atoms. The zero-order valence-corrected chi connectivity index (χ0v) is 18.4. The number of nitrogens with two attached hydrogens (primary N) is 1. The number of carbonyl (C=O) groups is 1. The van der Waals surface area contributed by atoms with Crippen molar-refractivity contribution in [3.05, 3.63) is 87.9 Å². The van der Waals surface area contributed by atoms with E-state index >= 15 is 0 Å². The van der Waals surface area contributed by atoms with Crippen LogP contribution < -0.4 is 15.6 Å². The monoisotopic (exact) mass is 507 g/mol. The number of rotatable bonds is 6. The van der Waals surface area contributed by atoms with E-state index in [4.69, 9.17) is 10.5 Å². The predicted molar refractivity (Wildman–Crippen MR) is 116 cm³/mol. The Morgan fingerprint density at radius 3 is 2.42 bits per heavy atom. The molecule has 0 bridgehead atoms. The molecule has 4 rings (SSSR count). The van der Waals surface area contributed by atoms with Crippen molar-refractivity contribution in [2.75, 3.05) is 5.73 Å². The average Bonchev–Trinajstić information content (AvgIpc) is 3.30. The molecular formula is C25H17F6N2O3-. The van der Waals surface area contributed by atoms with Gasteiger partial charge in [0.1, 0.15) is 12.4 Å². The summed E-state index contributed by atoms with van der Waals surface area (Å²) in [6.45, 7) is -0.837. The van der Waals surface area contributed by atoms with Crippen LogP contribution in [-0.2, 0) is 12.8 Å². The lowest BCUT2D eigenvalue weighted by atomic mass is 9.95. The molecule has 36 heavy (non-hydrogen) atoms. The highest BCUT2D eigenvalue weighted by Crippen LogP contribution is 2.44. The fraction of sp³-hybridized carbons (Fsp3) is 0.200. The molecule has 0 unspecified atom stereocenters. The minimum atomic E-state index is -4.75. The van der Waals surface area contributed by atoms with Gasteiger partial charge in [0.15, 0.2) is 11.6 Å². The summed E-state index contributed by atoms with van der Waals surface area (Å²) in [5.74, 6) is -5.74. The van der Waals surface area contributed by atoms with Crippen molar-refractivity contribution in [2.24, 2.45) is 0 Å². The molecule has 0 saturated heterocycles. The Bertz CT molecular complexity index is 1380. The lowest BCUT2D eigenvalue weighted by molar-refractivity contribution is -0.255. The fourth-order valence-electron chi connectivity index (χ4n) is 4.08. The molecule has 0 fully saturated rings. The zero-order chi connectivity index (χ0) is 26.2. The molecule has 11 heteroatoms. The number of allylic oxidation sites excluding steroid dienone is 2. The molecule has 3 aromatic rings. The number of carbonyl (C=O) groups excluding carboxylic acids is 1. The maximum Gasteiger partial charge on any atom is 0.417 e. The Hall–Kier alpha value is -4.02. The molecular weight excluding hydrogens is 490 g/mol. The first-order valence-electron chi connectivity index (χ1n) is 10.6. The van der Waals surface area contributed by atoms with E-state index in [1.54, 1.807) is 0 Å². The van der Waals surface area contributed by atoms with Crippen molar-refractivity contribution >= 4 is 22.8 Å². The first kappa shape index (κ1) is 25.1. The van der Waals surface area contributed by atoms with Crippen molar-refractivity contribution < 1.29 is 41.0 Å². The Morgan fingerprint density at radius 1 is 1.03 bits per heavy atom. The molecule has 0 aliphatic heterocycles. The second kappa shape index (κ2) is 9.56. The van der Waals surface area contributed by atoms with Gasteiger partial charge in [0.2, 0.25) is 5.88 Å². The number of carboxylic acids is 1. The van der Waals surface area contributed by atoms with Crippen molar-refractivity contribution in [1.82, 2.24) is 4.98 Å². The summed E-state index contributed by atoms with van der Waals surface area (Å²) >= 11 is 0. The normalized spacial score (nSPS) is 13.8. The van der Waals surface area contributed by atoms with Gasteiger partial charge in [-0.05, 0) is 77.9 Å². The zero-order valence-electron chi connectivity index (χ0n) is 18.4. The molecule has 2 N–H and O–H groups in total. The van der Waals surface area contributed by atoms with Crippen molar-refractivity contribution in [1.29, 1.82) is 0 Å². The Labute approximate surface area is 200 Å². The van der Waals surface area contributed by atoms with Gasteiger partial charge in [0.25, 0.3) is 0 Å². The van der Waals surface area contributed by atoms with Crippen LogP contribution in [-0.4, -0.2) is 11.0 Å². The van der Waals surface area contributed by atoms with Gasteiger partial charge in [0.05, 0.1) is 17.1 Å². The van der Waals surface area contributed by atoms with Crippen LogP contribution in [0.15, 0.2) is 42.6 Å². The second-order valence-electron chi connectivity index (χ2n) is 8.13. The van der Waals surface area contributed by atoms with Gasteiger partial charge in [-0.25, -0.2) is 18.2 Å². The lowest BCUT2D eigenvalue weighted by Crippen LogP contribution is -2.22. The van der Waals surface area contributed by atoms with Crippen LogP contribution in [0.1, 0.15) is 51.9 Å². The number of hydrogen-bond acceptors (Lipinski definition) is 5. The van der Waals surface area contributed by atoms with E-state index in [0.29, 0.717) is 47.9 Å². The number of halogens is 6.